The number of esters is 1. The van der Waals surface area contributed by atoms with Gasteiger partial charge in [-0.3, -0.25) is 9.59 Å². The molecule has 124 valence electrons. The van der Waals surface area contributed by atoms with E-state index in [1.807, 2.05) is 13.0 Å². The van der Waals surface area contributed by atoms with Crippen molar-refractivity contribution in [2.24, 2.45) is 0 Å². The molecule has 5 nitrogen and oxygen atoms in total. The van der Waals surface area contributed by atoms with Gasteiger partial charge in [-0.25, -0.2) is 0 Å². The van der Waals surface area contributed by atoms with Gasteiger partial charge >= 0.3 is 5.97 Å². The molecule has 1 aromatic rings. The molecule has 0 radical (unpaired) electrons. The van der Waals surface area contributed by atoms with Gasteiger partial charge in [0.25, 0.3) is 0 Å². The number of aryl methyl sites for hydroxylation is 1. The van der Waals surface area contributed by atoms with E-state index in [-0.39, 0.29) is 5.78 Å². The Morgan fingerprint density at radius 1 is 1.35 bits per heavy atom. The largest absolute Gasteiger partial charge is 0.450 e. The number of ketones is 1. The van der Waals surface area contributed by atoms with Gasteiger partial charge in [-0.2, -0.15) is 5.06 Å². The molecule has 2 heterocycles. The number of Topliss-reactive ketones (excluding diaryl/α,β-unsaturated/α-hetero) is 1. The molecule has 23 heavy (non-hydrogen) atoms. The van der Waals surface area contributed by atoms with Crippen LogP contribution in [0.1, 0.15) is 29.9 Å². The van der Waals surface area contributed by atoms with Crippen LogP contribution in [0.15, 0.2) is 16.6 Å². The Morgan fingerprint density at radius 2 is 2.00 bits per heavy atom. The molecule has 2 fully saturated rings. The number of hydrogen-bond acceptors (Lipinski definition) is 5. The maximum absolute atomic E-state index is 13.0. The molecule has 0 saturated carbocycles. The normalized spacial score (nSPS) is 24.3. The van der Waals surface area contributed by atoms with Crippen LogP contribution < -0.4 is 0 Å². The number of benzene rings is 1. The lowest BCUT2D eigenvalue weighted by Gasteiger charge is -2.35. The van der Waals surface area contributed by atoms with E-state index in [1.165, 1.54) is 0 Å². The van der Waals surface area contributed by atoms with Gasteiger partial charge in [0, 0.05) is 35.4 Å². The summed E-state index contributed by atoms with van der Waals surface area (Å²) >= 11 is 9.67. The zero-order chi connectivity index (χ0) is 16.8. The fourth-order valence-electron chi connectivity index (χ4n) is 3.38. The highest BCUT2D eigenvalue weighted by Crippen LogP contribution is 2.44. The molecule has 1 spiro atoms. The molecule has 0 N–H and O–H groups in total. The standard InChI is InChI=1S/C16H17BrClNO4/c1-9-7-10(17)8-11(18)12(9)13-14(20)16(23-15(13)21)3-5-19(22-2)6-4-16/h7-8,13H,3-6H2,1-2H3. The van der Waals surface area contributed by atoms with Gasteiger partial charge in [0.05, 0.1) is 7.11 Å². The van der Waals surface area contributed by atoms with Crippen LogP contribution in [0, 0.1) is 6.92 Å². The molecule has 3 rings (SSSR count). The minimum atomic E-state index is -1.04. The molecule has 0 aliphatic carbocycles. The second-order valence-corrected chi connectivity index (χ2v) is 7.27. The van der Waals surface area contributed by atoms with E-state index < -0.39 is 17.5 Å². The molecular formula is C16H17BrClNO4. The highest BCUT2D eigenvalue weighted by Gasteiger charge is 2.57. The van der Waals surface area contributed by atoms with E-state index >= 15 is 0 Å². The minimum Gasteiger partial charge on any atom is -0.450 e. The van der Waals surface area contributed by atoms with Crippen LogP contribution in [0.5, 0.6) is 0 Å². The number of hydroxylamine groups is 2. The molecule has 7 heteroatoms. The van der Waals surface area contributed by atoms with Crippen LogP contribution >= 0.6 is 27.5 Å². The summed E-state index contributed by atoms with van der Waals surface area (Å²) in [6, 6.07) is 3.54. The van der Waals surface area contributed by atoms with Crippen molar-refractivity contribution in [2.45, 2.75) is 31.3 Å². The minimum absolute atomic E-state index is 0.189. The topological polar surface area (TPSA) is 55.8 Å². The van der Waals surface area contributed by atoms with E-state index in [0.29, 0.717) is 36.5 Å². The number of carbonyl (C=O) groups excluding carboxylic acids is 2. The van der Waals surface area contributed by atoms with Crippen molar-refractivity contribution in [3.8, 4) is 0 Å². The third-order valence-electron chi connectivity index (χ3n) is 4.62. The summed E-state index contributed by atoms with van der Waals surface area (Å²) < 4.78 is 6.37. The first kappa shape index (κ1) is 16.9. The van der Waals surface area contributed by atoms with Crippen molar-refractivity contribution >= 4 is 39.3 Å². The summed E-state index contributed by atoms with van der Waals surface area (Å²) in [5, 5.41) is 2.16. The third-order valence-corrected chi connectivity index (χ3v) is 5.39. The summed E-state index contributed by atoms with van der Waals surface area (Å²) in [6.07, 6.45) is 0.879. The van der Waals surface area contributed by atoms with Crippen LogP contribution in [-0.4, -0.2) is 42.6 Å². The fourth-order valence-corrected chi connectivity index (χ4v) is 4.46. The van der Waals surface area contributed by atoms with E-state index in [1.54, 1.807) is 18.2 Å². The first-order valence-electron chi connectivity index (χ1n) is 7.40. The lowest BCUT2D eigenvalue weighted by molar-refractivity contribution is -0.184. The molecule has 2 saturated heterocycles. The maximum atomic E-state index is 13.0. The highest BCUT2D eigenvalue weighted by atomic mass is 79.9. The van der Waals surface area contributed by atoms with Crippen LogP contribution in [0.4, 0.5) is 0 Å². The predicted octanol–water partition coefficient (Wildman–Crippen LogP) is 3.02. The molecule has 0 bridgehead atoms. The van der Waals surface area contributed by atoms with Gasteiger partial charge < -0.3 is 9.57 Å². The van der Waals surface area contributed by atoms with Crippen molar-refractivity contribution in [3.63, 3.8) is 0 Å². The van der Waals surface area contributed by atoms with Crippen molar-refractivity contribution in [1.29, 1.82) is 0 Å². The van der Waals surface area contributed by atoms with Gasteiger partial charge in [0.2, 0.25) is 0 Å². The number of nitrogens with zero attached hydrogens (tertiary/aromatic N) is 1. The molecule has 2 aliphatic rings. The van der Waals surface area contributed by atoms with E-state index in [2.05, 4.69) is 15.9 Å². The second kappa shape index (κ2) is 6.16. The Balaban J connectivity index is 1.94. The van der Waals surface area contributed by atoms with Crippen molar-refractivity contribution in [1.82, 2.24) is 5.06 Å². The maximum Gasteiger partial charge on any atom is 0.322 e. The zero-order valence-electron chi connectivity index (χ0n) is 12.9. The van der Waals surface area contributed by atoms with Crippen molar-refractivity contribution in [2.75, 3.05) is 20.2 Å². The van der Waals surface area contributed by atoms with E-state index in [9.17, 15) is 9.59 Å². The summed E-state index contributed by atoms with van der Waals surface area (Å²) in [5.41, 5.74) is 0.307. The molecule has 1 aromatic carbocycles. The van der Waals surface area contributed by atoms with Crippen LogP contribution in [0.3, 0.4) is 0 Å². The van der Waals surface area contributed by atoms with Gasteiger partial charge in [-0.05, 0) is 30.2 Å². The lowest BCUT2D eigenvalue weighted by Crippen LogP contribution is -2.48. The number of halogens is 2. The van der Waals surface area contributed by atoms with E-state index in [4.69, 9.17) is 21.2 Å². The molecule has 1 atom stereocenters. The summed E-state index contributed by atoms with van der Waals surface area (Å²) in [4.78, 5) is 30.6. The number of ether oxygens (including phenoxy) is 1. The zero-order valence-corrected chi connectivity index (χ0v) is 15.2. The Morgan fingerprint density at radius 3 is 2.57 bits per heavy atom. The Labute approximate surface area is 148 Å². The summed E-state index contributed by atoms with van der Waals surface area (Å²) in [5.74, 6) is -1.64. The van der Waals surface area contributed by atoms with Crippen LogP contribution in [0.25, 0.3) is 0 Å². The van der Waals surface area contributed by atoms with Crippen LogP contribution in [0.2, 0.25) is 5.02 Å². The van der Waals surface area contributed by atoms with Gasteiger partial charge in [-0.1, -0.05) is 27.5 Å². The smallest absolute Gasteiger partial charge is 0.322 e. The average molecular weight is 403 g/mol. The Bertz CT molecular complexity index is 647. The fraction of sp³-hybridized carbons (Fsp3) is 0.500. The highest BCUT2D eigenvalue weighted by molar-refractivity contribution is 9.10. The van der Waals surface area contributed by atoms with Crippen molar-refractivity contribution < 1.29 is 19.2 Å². The molecule has 1 unspecified atom stereocenters. The molecule has 2 aliphatic heterocycles. The van der Waals surface area contributed by atoms with Crippen molar-refractivity contribution in [3.05, 3.63) is 32.8 Å². The predicted molar refractivity (Wildman–Crippen MR) is 88.3 cm³/mol. The number of hydrogen-bond donors (Lipinski definition) is 0. The second-order valence-electron chi connectivity index (χ2n) is 5.94. The molecular weight excluding hydrogens is 386 g/mol. The molecule has 0 aromatic heterocycles. The number of rotatable bonds is 2. The van der Waals surface area contributed by atoms with Gasteiger partial charge in [0.1, 0.15) is 5.92 Å². The molecule has 0 amide bonds. The number of carbonyl (C=O) groups is 2. The monoisotopic (exact) mass is 401 g/mol. The quantitative estimate of drug-likeness (QED) is 0.562. The first-order chi connectivity index (χ1) is 10.9. The average Bonchev–Trinajstić information content (AvgIpc) is 2.72. The van der Waals surface area contributed by atoms with Gasteiger partial charge in [0.15, 0.2) is 11.4 Å². The lowest BCUT2D eigenvalue weighted by atomic mass is 9.81. The first-order valence-corrected chi connectivity index (χ1v) is 8.57. The third kappa shape index (κ3) is 2.82. The van der Waals surface area contributed by atoms with Gasteiger partial charge in [-0.15, -0.1) is 0 Å². The van der Waals surface area contributed by atoms with Crippen LogP contribution in [-0.2, 0) is 19.2 Å². The van der Waals surface area contributed by atoms with E-state index in [0.717, 1.165) is 10.0 Å². The Hall–Kier alpha value is -0.950. The Kier molecular flexibility index (Phi) is 4.53. The SMILES string of the molecule is CON1CCC2(CC1)OC(=O)C(c1c(C)cc(Br)cc1Cl)C2=O. The summed E-state index contributed by atoms with van der Waals surface area (Å²) in [6.45, 7) is 2.94. The summed E-state index contributed by atoms with van der Waals surface area (Å²) in [7, 11) is 1.59. The number of piperidine rings is 1.